The summed E-state index contributed by atoms with van der Waals surface area (Å²) in [5, 5.41) is 0. The molecule has 1 aromatic carbocycles. The second-order valence-electron chi connectivity index (χ2n) is 2.44. The molecule has 0 aliphatic carbocycles. The van der Waals surface area contributed by atoms with Crippen molar-refractivity contribution >= 4 is 11.7 Å². The molecule has 0 heterocycles. The van der Waals surface area contributed by atoms with Gasteiger partial charge in [-0.05, 0) is 6.07 Å². The molecule has 6 heteroatoms. The van der Waals surface area contributed by atoms with Crippen LogP contribution in [0.3, 0.4) is 0 Å². The fraction of sp³-hybridized carbons (Fsp3) is 0.125. The topological polar surface area (TPSA) is 52.3 Å². The molecule has 3 nitrogen and oxygen atoms in total. The van der Waals surface area contributed by atoms with Gasteiger partial charge in [-0.15, -0.1) is 0 Å². The van der Waals surface area contributed by atoms with Crippen molar-refractivity contribution in [2.75, 3.05) is 12.8 Å². The Hall–Kier alpha value is -1.72. The molecular formula is C8H6F3NO2. The van der Waals surface area contributed by atoms with Crippen LogP contribution in [0.1, 0.15) is 10.4 Å². The predicted molar refractivity (Wildman–Crippen MR) is 42.1 cm³/mol. The molecule has 0 saturated heterocycles. The van der Waals surface area contributed by atoms with Gasteiger partial charge in [0.2, 0.25) is 0 Å². The van der Waals surface area contributed by atoms with Crippen LogP contribution in [0.4, 0.5) is 18.9 Å². The maximum atomic E-state index is 12.8. The molecule has 0 radical (unpaired) electrons. The van der Waals surface area contributed by atoms with Crippen LogP contribution in [0.2, 0.25) is 0 Å². The summed E-state index contributed by atoms with van der Waals surface area (Å²) in [6.45, 7) is 0. The summed E-state index contributed by atoms with van der Waals surface area (Å²) in [4.78, 5) is 10.9. The van der Waals surface area contributed by atoms with Gasteiger partial charge in [0, 0.05) is 0 Å². The number of methoxy groups -OCH3 is 1. The fourth-order valence-electron chi connectivity index (χ4n) is 0.888. The molecule has 0 aliphatic rings. The van der Waals surface area contributed by atoms with Gasteiger partial charge in [-0.3, -0.25) is 0 Å². The SMILES string of the molecule is COC(=O)c1cc(F)c(F)c(F)c1N. The maximum absolute atomic E-state index is 12.8. The number of carbonyl (C=O) groups is 1. The molecule has 0 bridgehead atoms. The number of halogens is 3. The van der Waals surface area contributed by atoms with Gasteiger partial charge in [0.05, 0.1) is 18.4 Å². The van der Waals surface area contributed by atoms with E-state index in [0.29, 0.717) is 6.07 Å². The minimum Gasteiger partial charge on any atom is -0.465 e. The lowest BCUT2D eigenvalue weighted by molar-refractivity contribution is 0.0600. The van der Waals surface area contributed by atoms with E-state index in [-0.39, 0.29) is 0 Å². The highest BCUT2D eigenvalue weighted by Crippen LogP contribution is 2.22. The van der Waals surface area contributed by atoms with E-state index in [1.807, 2.05) is 0 Å². The monoisotopic (exact) mass is 205 g/mol. The third-order valence-corrected chi connectivity index (χ3v) is 1.61. The number of hydrogen-bond donors (Lipinski definition) is 1. The molecule has 0 spiro atoms. The first kappa shape index (κ1) is 10.4. The molecule has 76 valence electrons. The molecule has 0 aliphatic heterocycles. The Morgan fingerprint density at radius 3 is 2.43 bits per heavy atom. The zero-order chi connectivity index (χ0) is 10.9. The van der Waals surface area contributed by atoms with E-state index >= 15 is 0 Å². The van der Waals surface area contributed by atoms with Gasteiger partial charge in [0.1, 0.15) is 0 Å². The van der Waals surface area contributed by atoms with Crippen molar-refractivity contribution in [3.05, 3.63) is 29.1 Å². The summed E-state index contributed by atoms with van der Waals surface area (Å²) in [5.41, 5.74) is 3.74. The van der Waals surface area contributed by atoms with E-state index in [1.165, 1.54) is 0 Å². The lowest BCUT2D eigenvalue weighted by Crippen LogP contribution is -2.10. The molecule has 0 fully saturated rings. The van der Waals surface area contributed by atoms with Crippen molar-refractivity contribution in [3.8, 4) is 0 Å². The smallest absolute Gasteiger partial charge is 0.340 e. The van der Waals surface area contributed by atoms with Gasteiger partial charge < -0.3 is 10.5 Å². The second-order valence-corrected chi connectivity index (χ2v) is 2.44. The van der Waals surface area contributed by atoms with E-state index in [4.69, 9.17) is 5.73 Å². The summed E-state index contributed by atoms with van der Waals surface area (Å²) < 4.78 is 42.2. The van der Waals surface area contributed by atoms with E-state index in [9.17, 15) is 18.0 Å². The lowest BCUT2D eigenvalue weighted by Gasteiger charge is -2.05. The van der Waals surface area contributed by atoms with Crippen molar-refractivity contribution in [1.82, 2.24) is 0 Å². The number of benzene rings is 1. The molecule has 0 amide bonds. The molecule has 0 atom stereocenters. The second kappa shape index (κ2) is 3.57. The Kier molecular flexibility index (Phi) is 2.64. The van der Waals surface area contributed by atoms with E-state index < -0.39 is 34.7 Å². The predicted octanol–water partition coefficient (Wildman–Crippen LogP) is 1.47. The minimum absolute atomic E-state index is 0.486. The van der Waals surface area contributed by atoms with E-state index in [2.05, 4.69) is 4.74 Å². The zero-order valence-electron chi connectivity index (χ0n) is 7.11. The Morgan fingerprint density at radius 2 is 1.93 bits per heavy atom. The van der Waals surface area contributed by atoms with Gasteiger partial charge in [-0.1, -0.05) is 0 Å². The van der Waals surface area contributed by atoms with Gasteiger partial charge >= 0.3 is 5.97 Å². The first-order valence-electron chi connectivity index (χ1n) is 3.50. The van der Waals surface area contributed by atoms with Crippen molar-refractivity contribution in [2.24, 2.45) is 0 Å². The highest BCUT2D eigenvalue weighted by atomic mass is 19.2. The average Bonchev–Trinajstić information content (AvgIpc) is 2.19. The van der Waals surface area contributed by atoms with Crippen molar-refractivity contribution in [1.29, 1.82) is 0 Å². The highest BCUT2D eigenvalue weighted by molar-refractivity contribution is 5.95. The van der Waals surface area contributed by atoms with Crippen LogP contribution in [0.25, 0.3) is 0 Å². The molecule has 1 aromatic rings. The lowest BCUT2D eigenvalue weighted by atomic mass is 10.1. The van der Waals surface area contributed by atoms with Gasteiger partial charge in [-0.25, -0.2) is 18.0 Å². The summed E-state index contributed by atoms with van der Waals surface area (Å²) in [5.74, 6) is -5.82. The van der Waals surface area contributed by atoms with Gasteiger partial charge in [-0.2, -0.15) is 0 Å². The number of nitrogen functional groups attached to an aromatic ring is 1. The van der Waals surface area contributed by atoms with Gasteiger partial charge in [0.25, 0.3) is 0 Å². The van der Waals surface area contributed by atoms with Crippen LogP contribution in [0.15, 0.2) is 6.07 Å². The molecular weight excluding hydrogens is 199 g/mol. The Labute approximate surface area is 77.3 Å². The van der Waals surface area contributed by atoms with Crippen molar-refractivity contribution < 1.29 is 22.7 Å². The minimum atomic E-state index is -1.71. The van der Waals surface area contributed by atoms with Crippen LogP contribution in [0.5, 0.6) is 0 Å². The number of rotatable bonds is 1. The van der Waals surface area contributed by atoms with Crippen molar-refractivity contribution in [3.63, 3.8) is 0 Å². The number of nitrogens with two attached hydrogens (primary N) is 1. The molecule has 0 aromatic heterocycles. The van der Waals surface area contributed by atoms with E-state index in [1.54, 1.807) is 0 Å². The van der Waals surface area contributed by atoms with Gasteiger partial charge in [0.15, 0.2) is 17.5 Å². The number of carbonyl (C=O) groups excluding carboxylic acids is 1. The summed E-state index contributed by atoms with van der Waals surface area (Å²) in [6, 6.07) is 0.486. The number of esters is 1. The summed E-state index contributed by atoms with van der Waals surface area (Å²) >= 11 is 0. The molecule has 0 saturated carbocycles. The number of anilines is 1. The third kappa shape index (κ3) is 1.50. The Balaban J connectivity index is 3.40. The van der Waals surface area contributed by atoms with E-state index in [0.717, 1.165) is 7.11 Å². The molecule has 1 rings (SSSR count). The summed E-state index contributed by atoms with van der Waals surface area (Å²) in [7, 11) is 1.01. The molecule has 0 unspecified atom stereocenters. The average molecular weight is 205 g/mol. The third-order valence-electron chi connectivity index (χ3n) is 1.61. The number of ether oxygens (including phenoxy) is 1. The Bertz CT molecular complexity index is 393. The normalized spacial score (nSPS) is 10.0. The maximum Gasteiger partial charge on any atom is 0.340 e. The fourth-order valence-corrected chi connectivity index (χ4v) is 0.888. The largest absolute Gasteiger partial charge is 0.465 e. The van der Waals surface area contributed by atoms with Crippen LogP contribution in [0, 0.1) is 17.5 Å². The standard InChI is InChI=1S/C8H6F3NO2/c1-14-8(13)3-2-4(9)5(10)6(11)7(3)12/h2H,12H2,1H3. The Morgan fingerprint density at radius 1 is 1.36 bits per heavy atom. The first-order chi connectivity index (χ1) is 6.49. The molecule has 2 N–H and O–H groups in total. The van der Waals surface area contributed by atoms with Crippen molar-refractivity contribution in [2.45, 2.75) is 0 Å². The first-order valence-corrected chi connectivity index (χ1v) is 3.50. The van der Waals surface area contributed by atoms with Crippen LogP contribution in [-0.4, -0.2) is 13.1 Å². The number of hydrogen-bond acceptors (Lipinski definition) is 3. The zero-order valence-corrected chi connectivity index (χ0v) is 7.11. The van der Waals surface area contributed by atoms with Crippen LogP contribution >= 0.6 is 0 Å². The van der Waals surface area contributed by atoms with Crippen LogP contribution in [-0.2, 0) is 4.74 Å². The quantitative estimate of drug-likeness (QED) is 0.429. The highest BCUT2D eigenvalue weighted by Gasteiger charge is 2.20. The van der Waals surface area contributed by atoms with Crippen LogP contribution < -0.4 is 5.73 Å². The molecule has 14 heavy (non-hydrogen) atoms. The summed E-state index contributed by atoms with van der Waals surface area (Å²) in [6.07, 6.45) is 0.